The molecule has 8 heteroatoms. The Morgan fingerprint density at radius 2 is 1.92 bits per heavy atom. The molecule has 3 heterocycles. The van der Waals surface area contributed by atoms with Gasteiger partial charge >= 0.3 is 6.18 Å². The lowest BCUT2D eigenvalue weighted by Gasteiger charge is -2.32. The number of alkyl halides is 3. The van der Waals surface area contributed by atoms with Crippen LogP contribution in [0.5, 0.6) is 0 Å². The Morgan fingerprint density at radius 3 is 2.60 bits per heavy atom. The van der Waals surface area contributed by atoms with Crippen LogP contribution in [0.1, 0.15) is 24.2 Å². The number of hydrogen-bond acceptors (Lipinski definition) is 5. The average molecular weight is 351 g/mol. The largest absolute Gasteiger partial charge is 0.433 e. The molecular formula is C17H20F3N5. The number of likely N-dealkylation sites (tertiary alicyclic amines) is 1. The summed E-state index contributed by atoms with van der Waals surface area (Å²) in [5.41, 5.74) is 0.154. The number of aromatic nitrogens is 3. The highest BCUT2D eigenvalue weighted by atomic mass is 19.4. The van der Waals surface area contributed by atoms with Crippen molar-refractivity contribution in [3.8, 4) is 0 Å². The van der Waals surface area contributed by atoms with Gasteiger partial charge in [0.25, 0.3) is 0 Å². The number of nitrogens with one attached hydrogen (secondary N) is 1. The van der Waals surface area contributed by atoms with Crippen LogP contribution in [0.2, 0.25) is 0 Å². The molecule has 25 heavy (non-hydrogen) atoms. The Bertz CT molecular complexity index is 669. The minimum absolute atomic E-state index is 0.127. The molecule has 1 N–H and O–H groups in total. The van der Waals surface area contributed by atoms with Gasteiger partial charge in [-0.25, -0.2) is 9.97 Å². The molecule has 134 valence electrons. The first-order chi connectivity index (χ1) is 12.0. The molecule has 1 saturated heterocycles. The lowest BCUT2D eigenvalue weighted by molar-refractivity contribution is -0.141. The Labute approximate surface area is 144 Å². The maximum Gasteiger partial charge on any atom is 0.433 e. The summed E-state index contributed by atoms with van der Waals surface area (Å²) in [5, 5.41) is 3.10. The third-order valence-corrected chi connectivity index (χ3v) is 4.31. The molecule has 0 amide bonds. The fourth-order valence-electron chi connectivity index (χ4n) is 2.92. The van der Waals surface area contributed by atoms with Crippen molar-refractivity contribution in [1.29, 1.82) is 0 Å². The van der Waals surface area contributed by atoms with E-state index in [1.165, 1.54) is 0 Å². The lowest BCUT2D eigenvalue weighted by atomic mass is 10.0. The van der Waals surface area contributed by atoms with Gasteiger partial charge in [0.05, 0.1) is 0 Å². The van der Waals surface area contributed by atoms with Gasteiger partial charge < -0.3 is 10.2 Å². The molecule has 2 aromatic heterocycles. The summed E-state index contributed by atoms with van der Waals surface area (Å²) in [7, 11) is 0. The van der Waals surface area contributed by atoms with Gasteiger partial charge in [-0.1, -0.05) is 6.07 Å². The second-order valence-electron chi connectivity index (χ2n) is 6.12. The molecule has 0 bridgehead atoms. The van der Waals surface area contributed by atoms with Gasteiger partial charge in [-0.05, 0) is 25.0 Å². The van der Waals surface area contributed by atoms with Crippen LogP contribution in [0.15, 0.2) is 36.8 Å². The van der Waals surface area contributed by atoms with E-state index in [2.05, 4.69) is 25.2 Å². The molecule has 0 spiro atoms. The lowest BCUT2D eigenvalue weighted by Crippen LogP contribution is -2.40. The van der Waals surface area contributed by atoms with Crippen molar-refractivity contribution in [2.45, 2.75) is 31.5 Å². The van der Waals surface area contributed by atoms with E-state index in [4.69, 9.17) is 0 Å². The normalized spacial score (nSPS) is 16.8. The van der Waals surface area contributed by atoms with Gasteiger partial charge in [0.15, 0.2) is 0 Å². The zero-order chi connectivity index (χ0) is 17.7. The van der Waals surface area contributed by atoms with Crippen molar-refractivity contribution in [3.63, 3.8) is 0 Å². The molecule has 0 aliphatic carbocycles. The van der Waals surface area contributed by atoms with Crippen LogP contribution in [0, 0.1) is 0 Å². The van der Waals surface area contributed by atoms with Crippen LogP contribution in [0.25, 0.3) is 0 Å². The molecule has 0 saturated carbocycles. The van der Waals surface area contributed by atoms with E-state index >= 15 is 0 Å². The number of halogens is 3. The number of anilines is 1. The maximum atomic E-state index is 12.7. The summed E-state index contributed by atoms with van der Waals surface area (Å²) >= 11 is 0. The second-order valence-corrected chi connectivity index (χ2v) is 6.12. The summed E-state index contributed by atoms with van der Waals surface area (Å²) in [6.07, 6.45) is 0.935. The molecule has 2 aromatic rings. The number of piperidine rings is 1. The number of nitrogens with zero attached hydrogens (tertiary/aromatic N) is 4. The van der Waals surface area contributed by atoms with Crippen molar-refractivity contribution < 1.29 is 13.2 Å². The molecule has 0 unspecified atom stereocenters. The Kier molecular flexibility index (Phi) is 5.47. The zero-order valence-corrected chi connectivity index (χ0v) is 13.7. The summed E-state index contributed by atoms with van der Waals surface area (Å²) < 4.78 is 38.1. The number of rotatable bonds is 5. The van der Waals surface area contributed by atoms with E-state index in [0.717, 1.165) is 57.0 Å². The van der Waals surface area contributed by atoms with Crippen LogP contribution in [-0.2, 0) is 12.6 Å². The van der Waals surface area contributed by atoms with E-state index in [1.807, 2.05) is 18.2 Å². The van der Waals surface area contributed by atoms with Gasteiger partial charge in [-0.15, -0.1) is 0 Å². The summed E-state index contributed by atoms with van der Waals surface area (Å²) in [5.74, 6) is 0.231. The summed E-state index contributed by atoms with van der Waals surface area (Å²) in [6, 6.07) is 6.99. The number of hydrogen-bond donors (Lipinski definition) is 1. The standard InChI is InChI=1S/C17H20F3N5/c18-17(19,20)15-11-16(23-12-22-15)24-14-5-9-25(10-6-14)8-4-13-3-1-2-7-21-13/h1-3,7,11-12,14H,4-6,8-10H2,(H,22,23,24). The quantitative estimate of drug-likeness (QED) is 0.897. The molecular weight excluding hydrogens is 331 g/mol. The predicted octanol–water partition coefficient (Wildman–Crippen LogP) is 3.01. The van der Waals surface area contributed by atoms with Crippen molar-refractivity contribution in [2.24, 2.45) is 0 Å². The van der Waals surface area contributed by atoms with Crippen molar-refractivity contribution in [1.82, 2.24) is 19.9 Å². The molecule has 1 aliphatic heterocycles. The first-order valence-electron chi connectivity index (χ1n) is 8.29. The summed E-state index contributed by atoms with van der Waals surface area (Å²) in [6.45, 7) is 2.75. The highest BCUT2D eigenvalue weighted by molar-refractivity contribution is 5.36. The molecule has 1 aliphatic rings. The Hall–Kier alpha value is -2.22. The van der Waals surface area contributed by atoms with E-state index in [0.29, 0.717) is 0 Å². The van der Waals surface area contributed by atoms with Crippen LogP contribution < -0.4 is 5.32 Å². The second kappa shape index (κ2) is 7.77. The molecule has 0 aromatic carbocycles. The van der Waals surface area contributed by atoms with Crippen LogP contribution in [0.4, 0.5) is 19.0 Å². The topological polar surface area (TPSA) is 53.9 Å². The SMILES string of the molecule is FC(F)(F)c1cc(NC2CCN(CCc3ccccn3)CC2)ncn1. The highest BCUT2D eigenvalue weighted by Gasteiger charge is 2.33. The van der Waals surface area contributed by atoms with Crippen molar-refractivity contribution in [3.05, 3.63) is 48.2 Å². The van der Waals surface area contributed by atoms with Gasteiger partial charge in [0.2, 0.25) is 0 Å². The van der Waals surface area contributed by atoms with Crippen LogP contribution >= 0.6 is 0 Å². The number of pyridine rings is 1. The third kappa shape index (κ3) is 5.12. The van der Waals surface area contributed by atoms with Gasteiger partial charge in [-0.3, -0.25) is 4.98 Å². The van der Waals surface area contributed by atoms with Gasteiger partial charge in [-0.2, -0.15) is 13.2 Å². The fourth-order valence-corrected chi connectivity index (χ4v) is 2.92. The Balaban J connectivity index is 1.46. The smallest absolute Gasteiger partial charge is 0.367 e. The third-order valence-electron chi connectivity index (χ3n) is 4.31. The van der Waals surface area contributed by atoms with Crippen LogP contribution in [0.3, 0.4) is 0 Å². The minimum Gasteiger partial charge on any atom is -0.367 e. The Morgan fingerprint density at radius 1 is 1.12 bits per heavy atom. The molecule has 1 fully saturated rings. The van der Waals surface area contributed by atoms with Crippen molar-refractivity contribution in [2.75, 3.05) is 25.0 Å². The minimum atomic E-state index is -4.45. The van der Waals surface area contributed by atoms with Gasteiger partial charge in [0, 0.05) is 50.1 Å². The molecule has 3 rings (SSSR count). The average Bonchev–Trinajstić information content (AvgIpc) is 2.62. The molecule has 0 atom stereocenters. The monoisotopic (exact) mass is 351 g/mol. The molecule has 0 radical (unpaired) electrons. The zero-order valence-electron chi connectivity index (χ0n) is 13.7. The van der Waals surface area contributed by atoms with Crippen LogP contribution in [-0.4, -0.2) is 45.5 Å². The fraction of sp³-hybridized carbons (Fsp3) is 0.471. The van der Waals surface area contributed by atoms with Gasteiger partial charge in [0.1, 0.15) is 17.8 Å². The highest BCUT2D eigenvalue weighted by Crippen LogP contribution is 2.28. The first kappa shape index (κ1) is 17.6. The van der Waals surface area contributed by atoms with E-state index < -0.39 is 11.9 Å². The van der Waals surface area contributed by atoms with E-state index in [1.54, 1.807) is 6.20 Å². The maximum absolute atomic E-state index is 12.7. The van der Waals surface area contributed by atoms with E-state index in [9.17, 15) is 13.2 Å². The summed E-state index contributed by atoms with van der Waals surface area (Å²) in [4.78, 5) is 13.8. The van der Waals surface area contributed by atoms with E-state index in [-0.39, 0.29) is 11.9 Å². The first-order valence-corrected chi connectivity index (χ1v) is 8.29. The van der Waals surface area contributed by atoms with Crippen molar-refractivity contribution >= 4 is 5.82 Å². The molecule has 5 nitrogen and oxygen atoms in total. The predicted molar refractivity (Wildman–Crippen MR) is 88.1 cm³/mol.